The van der Waals surface area contributed by atoms with Crippen LogP contribution in [0.2, 0.25) is 0 Å². The van der Waals surface area contributed by atoms with Crippen molar-refractivity contribution in [1.82, 2.24) is 0 Å². The van der Waals surface area contributed by atoms with Crippen LogP contribution in [-0.4, -0.2) is 20.0 Å². The van der Waals surface area contributed by atoms with Crippen LogP contribution in [0, 0.1) is 13.8 Å². The van der Waals surface area contributed by atoms with Gasteiger partial charge in [0.2, 0.25) is 0 Å². The maximum Gasteiger partial charge on any atom is 0.178 e. The van der Waals surface area contributed by atoms with Crippen LogP contribution in [0.3, 0.4) is 0 Å². The minimum absolute atomic E-state index is 0.0667. The van der Waals surface area contributed by atoms with E-state index >= 15 is 0 Å². The zero-order chi connectivity index (χ0) is 17.5. The third kappa shape index (κ3) is 4.59. The predicted molar refractivity (Wildman–Crippen MR) is 98.5 cm³/mol. The van der Waals surface area contributed by atoms with Gasteiger partial charge in [-0.05, 0) is 60.4 Å². The first-order chi connectivity index (χ1) is 11.5. The first kappa shape index (κ1) is 17.5. The molecule has 24 heavy (non-hydrogen) atoms. The van der Waals surface area contributed by atoms with Crippen LogP contribution in [-0.2, 0) is 4.79 Å². The van der Waals surface area contributed by atoms with E-state index in [0.717, 1.165) is 11.1 Å². The molecule has 0 aromatic heterocycles. The fourth-order valence-corrected chi connectivity index (χ4v) is 2.24. The Labute approximate surface area is 143 Å². The van der Waals surface area contributed by atoms with Crippen molar-refractivity contribution in [2.24, 2.45) is 0 Å². The van der Waals surface area contributed by atoms with Crippen LogP contribution < -0.4 is 9.47 Å². The first-order valence-electron chi connectivity index (χ1n) is 7.73. The molecule has 0 aliphatic heterocycles. The second-order valence-electron chi connectivity index (χ2n) is 5.53. The summed E-state index contributed by atoms with van der Waals surface area (Å²) in [4.78, 5) is 12.0. The van der Waals surface area contributed by atoms with Gasteiger partial charge in [-0.25, -0.2) is 0 Å². The number of aryl methyl sites for hydroxylation is 2. The van der Waals surface area contributed by atoms with Gasteiger partial charge in [-0.2, -0.15) is 0 Å². The van der Waals surface area contributed by atoms with Gasteiger partial charge in [0.1, 0.15) is 0 Å². The third-order valence-electron chi connectivity index (χ3n) is 3.82. The lowest BCUT2D eigenvalue weighted by Gasteiger charge is -2.07. The van der Waals surface area contributed by atoms with Crippen LogP contribution in [0.5, 0.6) is 11.5 Å². The molecule has 2 rings (SSSR count). The molecular weight excluding hydrogens is 300 g/mol. The third-order valence-corrected chi connectivity index (χ3v) is 3.82. The lowest BCUT2D eigenvalue weighted by Crippen LogP contribution is -1.91. The van der Waals surface area contributed by atoms with Crippen LogP contribution >= 0.6 is 0 Å². The number of hydrogen-bond donors (Lipinski definition) is 0. The Hall–Kier alpha value is -2.81. The van der Waals surface area contributed by atoms with Crippen LogP contribution in [0.4, 0.5) is 0 Å². The maximum atomic E-state index is 12.0. The number of hydrogen-bond acceptors (Lipinski definition) is 3. The zero-order valence-corrected chi connectivity index (χ0v) is 14.5. The van der Waals surface area contributed by atoms with E-state index in [2.05, 4.69) is 26.0 Å². The number of allylic oxidation sites excluding steroid dienone is 2. The summed E-state index contributed by atoms with van der Waals surface area (Å²) in [5.74, 6) is 1.23. The minimum Gasteiger partial charge on any atom is -0.493 e. The molecule has 2 aromatic rings. The molecule has 3 nitrogen and oxygen atoms in total. The number of methoxy groups -OCH3 is 2. The standard InChI is InChI=1S/C21H22O3/c1-15-5-6-17(13-16(15)2)7-10-19(22)11-8-18-9-12-20(23-3)21(14-18)24-4/h5-14H,1-4H3/b10-7+,11-8+. The molecular formula is C21H22O3. The van der Waals surface area contributed by atoms with Crippen molar-refractivity contribution in [2.45, 2.75) is 13.8 Å². The molecule has 0 saturated heterocycles. The Morgan fingerprint density at radius 1 is 0.792 bits per heavy atom. The quantitative estimate of drug-likeness (QED) is 0.728. The molecule has 0 spiro atoms. The van der Waals surface area contributed by atoms with E-state index in [0.29, 0.717) is 11.5 Å². The molecule has 0 saturated carbocycles. The number of carbonyl (C=O) groups excluding carboxylic acids is 1. The smallest absolute Gasteiger partial charge is 0.178 e. The van der Waals surface area contributed by atoms with Crippen molar-refractivity contribution >= 4 is 17.9 Å². The number of ketones is 1. The molecule has 0 radical (unpaired) electrons. The second kappa shape index (κ2) is 8.16. The van der Waals surface area contributed by atoms with Crippen molar-refractivity contribution in [2.75, 3.05) is 14.2 Å². The van der Waals surface area contributed by atoms with Gasteiger partial charge in [-0.3, -0.25) is 4.79 Å². The molecule has 0 aliphatic carbocycles. The van der Waals surface area contributed by atoms with Gasteiger partial charge in [-0.15, -0.1) is 0 Å². The van der Waals surface area contributed by atoms with Gasteiger partial charge < -0.3 is 9.47 Å². The molecule has 0 unspecified atom stereocenters. The summed E-state index contributed by atoms with van der Waals surface area (Å²) < 4.78 is 10.4. The van der Waals surface area contributed by atoms with E-state index < -0.39 is 0 Å². The molecule has 0 bridgehead atoms. The summed E-state index contributed by atoms with van der Waals surface area (Å²) in [7, 11) is 3.18. The Bertz CT molecular complexity index is 786. The summed E-state index contributed by atoms with van der Waals surface area (Å²) >= 11 is 0. The first-order valence-corrected chi connectivity index (χ1v) is 7.73. The molecule has 0 heterocycles. The minimum atomic E-state index is -0.0667. The van der Waals surface area contributed by atoms with E-state index in [4.69, 9.17) is 9.47 Å². The number of carbonyl (C=O) groups is 1. The average molecular weight is 322 g/mol. The van der Waals surface area contributed by atoms with Crippen molar-refractivity contribution < 1.29 is 14.3 Å². The summed E-state index contributed by atoms with van der Waals surface area (Å²) in [5, 5.41) is 0. The highest BCUT2D eigenvalue weighted by Gasteiger charge is 2.02. The molecule has 0 fully saturated rings. The molecule has 0 amide bonds. The molecule has 3 heteroatoms. The van der Waals surface area contributed by atoms with E-state index in [9.17, 15) is 4.79 Å². The largest absolute Gasteiger partial charge is 0.493 e. The lowest BCUT2D eigenvalue weighted by molar-refractivity contribution is -0.110. The summed E-state index contributed by atoms with van der Waals surface area (Å²) in [6.45, 7) is 4.13. The molecule has 2 aromatic carbocycles. The van der Waals surface area contributed by atoms with Crippen LogP contribution in [0.1, 0.15) is 22.3 Å². The molecule has 0 atom stereocenters. The Balaban J connectivity index is 2.07. The van der Waals surface area contributed by atoms with Gasteiger partial charge in [0.05, 0.1) is 14.2 Å². The Kier molecular flexibility index (Phi) is 5.96. The Morgan fingerprint density at radius 2 is 1.38 bits per heavy atom. The predicted octanol–water partition coefficient (Wildman–Crippen LogP) is 4.62. The number of ether oxygens (including phenoxy) is 2. The topological polar surface area (TPSA) is 35.5 Å². The second-order valence-corrected chi connectivity index (χ2v) is 5.53. The summed E-state index contributed by atoms with van der Waals surface area (Å²) in [6, 6.07) is 11.6. The SMILES string of the molecule is COc1ccc(/C=C/C(=O)/C=C/c2ccc(C)c(C)c2)cc1OC. The highest BCUT2D eigenvalue weighted by atomic mass is 16.5. The zero-order valence-electron chi connectivity index (χ0n) is 14.5. The van der Waals surface area contributed by atoms with E-state index in [1.54, 1.807) is 32.4 Å². The fourth-order valence-electron chi connectivity index (χ4n) is 2.24. The van der Waals surface area contributed by atoms with Gasteiger partial charge >= 0.3 is 0 Å². The fraction of sp³-hybridized carbons (Fsp3) is 0.190. The van der Waals surface area contributed by atoms with E-state index in [1.807, 2.05) is 30.3 Å². The van der Waals surface area contributed by atoms with Crippen molar-refractivity contribution in [3.8, 4) is 11.5 Å². The van der Waals surface area contributed by atoms with E-state index in [-0.39, 0.29) is 5.78 Å². The molecule has 124 valence electrons. The highest BCUT2D eigenvalue weighted by Crippen LogP contribution is 2.27. The van der Waals surface area contributed by atoms with Gasteiger partial charge in [0.15, 0.2) is 17.3 Å². The normalized spacial score (nSPS) is 11.2. The van der Waals surface area contributed by atoms with E-state index in [1.165, 1.54) is 11.1 Å². The highest BCUT2D eigenvalue weighted by molar-refractivity contribution is 6.04. The van der Waals surface area contributed by atoms with Gasteiger partial charge in [0, 0.05) is 0 Å². The van der Waals surface area contributed by atoms with Crippen LogP contribution in [0.15, 0.2) is 48.6 Å². The van der Waals surface area contributed by atoms with Crippen LogP contribution in [0.25, 0.3) is 12.2 Å². The average Bonchev–Trinajstić information content (AvgIpc) is 2.60. The van der Waals surface area contributed by atoms with Gasteiger partial charge in [-0.1, -0.05) is 36.4 Å². The monoisotopic (exact) mass is 322 g/mol. The lowest BCUT2D eigenvalue weighted by atomic mass is 10.1. The number of benzene rings is 2. The summed E-state index contributed by atoms with van der Waals surface area (Å²) in [5.41, 5.74) is 4.35. The van der Waals surface area contributed by atoms with Crippen molar-refractivity contribution in [3.63, 3.8) is 0 Å². The Morgan fingerprint density at radius 3 is 1.96 bits per heavy atom. The number of rotatable bonds is 6. The van der Waals surface area contributed by atoms with Crippen molar-refractivity contribution in [3.05, 3.63) is 70.8 Å². The van der Waals surface area contributed by atoms with Gasteiger partial charge in [0.25, 0.3) is 0 Å². The summed E-state index contributed by atoms with van der Waals surface area (Å²) in [6.07, 6.45) is 6.70. The van der Waals surface area contributed by atoms with Crippen molar-refractivity contribution in [1.29, 1.82) is 0 Å². The molecule has 0 N–H and O–H groups in total. The molecule has 0 aliphatic rings. The maximum absolute atomic E-state index is 12.0.